The first-order valence-electron chi connectivity index (χ1n) is 13.1. The summed E-state index contributed by atoms with van der Waals surface area (Å²) in [5.74, 6) is 0.507. The van der Waals surface area contributed by atoms with Gasteiger partial charge in [0.2, 0.25) is 0 Å². The highest BCUT2D eigenvalue weighted by atomic mass is 35.5. The zero-order valence-electron chi connectivity index (χ0n) is 22.9. The predicted octanol–water partition coefficient (Wildman–Crippen LogP) is 6.49. The van der Waals surface area contributed by atoms with E-state index in [1.807, 2.05) is 67.4 Å². The minimum absolute atomic E-state index is 0.161. The number of amides is 2. The molecule has 0 bridgehead atoms. The number of ether oxygens (including phenoxy) is 1. The Balaban J connectivity index is 1.48. The molecule has 3 aromatic rings. The highest BCUT2D eigenvalue weighted by Gasteiger charge is 2.39. The fraction of sp³-hybridized carbons (Fsp3) is 0.200. The first-order valence-corrected chi connectivity index (χ1v) is 15.3. The van der Waals surface area contributed by atoms with Crippen LogP contribution in [0.25, 0.3) is 0 Å². The van der Waals surface area contributed by atoms with Gasteiger partial charge in [-0.3, -0.25) is 9.69 Å². The molecule has 2 amide bonds. The summed E-state index contributed by atoms with van der Waals surface area (Å²) in [4.78, 5) is 35.9. The molecule has 42 heavy (non-hydrogen) atoms. The van der Waals surface area contributed by atoms with Crippen molar-refractivity contribution in [2.24, 2.45) is 4.99 Å². The molecule has 12 heteroatoms. The lowest BCUT2D eigenvalue weighted by Crippen LogP contribution is -2.29. The summed E-state index contributed by atoms with van der Waals surface area (Å²) in [7, 11) is 1.88. The number of benzene rings is 3. The van der Waals surface area contributed by atoms with Crippen LogP contribution in [-0.2, 0) is 11.3 Å². The second kappa shape index (κ2) is 13.2. The third-order valence-electron chi connectivity index (χ3n) is 6.33. The molecule has 2 aliphatic rings. The van der Waals surface area contributed by atoms with Gasteiger partial charge in [-0.25, -0.2) is 9.79 Å². The molecule has 2 heterocycles. The van der Waals surface area contributed by atoms with Gasteiger partial charge >= 0.3 is 6.09 Å². The molecule has 0 unspecified atom stereocenters. The molecule has 0 spiro atoms. The SMILES string of the molecule is CCNc1ccc(N=C2S/C(=C3/Sc4ccc(OC(=O)NCCCl)cc4N3C)C(=O)N2Cc2ccccc2)cc1C#N. The molecule has 2 N–H and O–H groups in total. The molecular formula is C30H27ClN6O3S2. The Kier molecular flexibility index (Phi) is 9.27. The van der Waals surface area contributed by atoms with Crippen molar-refractivity contribution in [3.8, 4) is 11.8 Å². The van der Waals surface area contributed by atoms with E-state index >= 15 is 0 Å². The highest BCUT2D eigenvalue weighted by Crippen LogP contribution is 2.51. The first-order chi connectivity index (χ1) is 20.4. The molecule has 3 aromatic carbocycles. The number of anilines is 2. The van der Waals surface area contributed by atoms with Crippen LogP contribution in [0.4, 0.5) is 21.9 Å². The molecule has 2 aliphatic heterocycles. The molecular weight excluding hydrogens is 592 g/mol. The van der Waals surface area contributed by atoms with Gasteiger partial charge in [-0.1, -0.05) is 42.1 Å². The summed E-state index contributed by atoms with van der Waals surface area (Å²) in [5, 5.41) is 16.7. The van der Waals surface area contributed by atoms with E-state index in [9.17, 15) is 14.9 Å². The van der Waals surface area contributed by atoms with E-state index in [2.05, 4.69) is 16.7 Å². The number of hydrogen-bond donors (Lipinski definition) is 2. The number of nitrogens with one attached hydrogen (secondary N) is 2. The fourth-order valence-electron chi connectivity index (χ4n) is 4.35. The van der Waals surface area contributed by atoms with Crippen LogP contribution in [0.3, 0.4) is 0 Å². The Morgan fingerprint density at radius 3 is 2.67 bits per heavy atom. The van der Waals surface area contributed by atoms with Crippen molar-refractivity contribution < 1.29 is 14.3 Å². The molecule has 0 atom stereocenters. The minimum Gasteiger partial charge on any atom is -0.410 e. The van der Waals surface area contributed by atoms with Crippen molar-refractivity contribution in [3.05, 3.63) is 87.8 Å². The normalized spacial score (nSPS) is 16.9. The first kappa shape index (κ1) is 29.4. The Labute approximate surface area is 257 Å². The van der Waals surface area contributed by atoms with Gasteiger partial charge in [-0.15, -0.1) is 11.6 Å². The number of alkyl halides is 1. The number of aliphatic imine (C=N–C) groups is 1. The Hall–Kier alpha value is -4.11. The standard InChI is InChI=1S/C30H27ClN6O3S2/c1-3-33-23-11-9-21(15-20(23)17-32)35-29-37(18-19-7-5-4-6-8-19)27(38)26(42-29)28-36(2)24-16-22(10-12-25(24)41-28)40-30(39)34-14-13-31/h4-12,15-16,33H,3,13-14,18H2,1-2H3,(H,34,39)/b28-26+,35-29?. The van der Waals surface area contributed by atoms with E-state index in [-0.39, 0.29) is 11.8 Å². The predicted molar refractivity (Wildman–Crippen MR) is 169 cm³/mol. The number of rotatable bonds is 8. The summed E-state index contributed by atoms with van der Waals surface area (Å²) in [6.45, 7) is 3.31. The van der Waals surface area contributed by atoms with Crippen molar-refractivity contribution in [2.75, 3.05) is 36.2 Å². The monoisotopic (exact) mass is 618 g/mol. The van der Waals surface area contributed by atoms with Crippen LogP contribution in [0.1, 0.15) is 18.1 Å². The zero-order chi connectivity index (χ0) is 29.6. The molecule has 0 radical (unpaired) electrons. The van der Waals surface area contributed by atoms with E-state index in [4.69, 9.17) is 21.3 Å². The molecule has 0 saturated carbocycles. The summed E-state index contributed by atoms with van der Waals surface area (Å²) < 4.78 is 5.39. The van der Waals surface area contributed by atoms with Crippen LogP contribution in [0.2, 0.25) is 0 Å². The molecule has 214 valence electrons. The van der Waals surface area contributed by atoms with Crippen molar-refractivity contribution in [2.45, 2.75) is 18.4 Å². The maximum absolute atomic E-state index is 13.9. The maximum Gasteiger partial charge on any atom is 0.412 e. The summed E-state index contributed by atoms with van der Waals surface area (Å²) in [6, 6.07) is 22.7. The number of thioether (sulfide) groups is 2. The van der Waals surface area contributed by atoms with Crippen LogP contribution in [0, 0.1) is 11.3 Å². The fourth-order valence-corrected chi connectivity index (χ4v) is 6.77. The molecule has 9 nitrogen and oxygen atoms in total. The van der Waals surface area contributed by atoms with Gasteiger partial charge in [0.15, 0.2) is 5.17 Å². The number of halogens is 1. The summed E-state index contributed by atoms with van der Waals surface area (Å²) >= 11 is 8.41. The van der Waals surface area contributed by atoms with Gasteiger partial charge < -0.3 is 20.3 Å². The average Bonchev–Trinajstić information content (AvgIpc) is 3.48. The molecule has 1 saturated heterocycles. The Morgan fingerprint density at radius 2 is 1.93 bits per heavy atom. The molecule has 0 aliphatic carbocycles. The van der Waals surface area contributed by atoms with Crippen LogP contribution < -0.4 is 20.3 Å². The highest BCUT2D eigenvalue weighted by molar-refractivity contribution is 8.19. The number of carbonyl (C=O) groups is 2. The van der Waals surface area contributed by atoms with E-state index in [1.165, 1.54) is 23.5 Å². The smallest absolute Gasteiger partial charge is 0.410 e. The van der Waals surface area contributed by atoms with Gasteiger partial charge in [-0.2, -0.15) is 5.26 Å². The Morgan fingerprint density at radius 1 is 1.12 bits per heavy atom. The zero-order valence-corrected chi connectivity index (χ0v) is 25.3. The van der Waals surface area contributed by atoms with Gasteiger partial charge in [0.1, 0.15) is 16.7 Å². The number of amidine groups is 1. The van der Waals surface area contributed by atoms with Gasteiger partial charge in [-0.05, 0) is 54.6 Å². The van der Waals surface area contributed by atoms with Crippen LogP contribution >= 0.6 is 35.1 Å². The lowest BCUT2D eigenvalue weighted by molar-refractivity contribution is -0.122. The quantitative estimate of drug-likeness (QED) is 0.218. The van der Waals surface area contributed by atoms with Crippen molar-refractivity contribution in [1.82, 2.24) is 10.2 Å². The third-order valence-corrected chi connectivity index (χ3v) is 8.96. The number of fused-ring (bicyclic) bond motifs is 1. The molecule has 0 aromatic heterocycles. The molecule has 5 rings (SSSR count). The summed E-state index contributed by atoms with van der Waals surface area (Å²) in [6.07, 6.45) is -0.584. The number of carbonyl (C=O) groups excluding carboxylic acids is 2. The second-order valence-corrected chi connectivity index (χ2v) is 11.6. The number of nitriles is 1. The van der Waals surface area contributed by atoms with Gasteiger partial charge in [0.25, 0.3) is 5.91 Å². The maximum atomic E-state index is 13.9. The number of hydrogen-bond acceptors (Lipinski definition) is 9. The molecule has 1 fully saturated rings. The van der Waals surface area contributed by atoms with E-state index in [1.54, 1.807) is 23.1 Å². The van der Waals surface area contributed by atoms with Gasteiger partial charge in [0, 0.05) is 37.0 Å². The van der Waals surface area contributed by atoms with Crippen LogP contribution in [-0.4, -0.2) is 48.1 Å². The van der Waals surface area contributed by atoms with Crippen LogP contribution in [0.5, 0.6) is 5.75 Å². The average molecular weight is 619 g/mol. The van der Waals surface area contributed by atoms with E-state index in [0.29, 0.717) is 46.7 Å². The lowest BCUT2D eigenvalue weighted by atomic mass is 10.1. The van der Waals surface area contributed by atoms with Crippen molar-refractivity contribution >= 4 is 69.4 Å². The van der Waals surface area contributed by atoms with E-state index < -0.39 is 6.09 Å². The van der Waals surface area contributed by atoms with Gasteiger partial charge in [0.05, 0.1) is 34.2 Å². The largest absolute Gasteiger partial charge is 0.412 e. The minimum atomic E-state index is -0.584. The van der Waals surface area contributed by atoms with Crippen molar-refractivity contribution in [1.29, 1.82) is 5.26 Å². The van der Waals surface area contributed by atoms with E-state index in [0.717, 1.165) is 26.9 Å². The lowest BCUT2D eigenvalue weighted by Gasteiger charge is -2.17. The third kappa shape index (κ3) is 6.36. The second-order valence-electron chi connectivity index (χ2n) is 9.18. The topological polar surface area (TPSA) is 110 Å². The Bertz CT molecular complexity index is 1620. The van der Waals surface area contributed by atoms with Crippen molar-refractivity contribution in [3.63, 3.8) is 0 Å². The number of nitrogens with zero attached hydrogens (tertiary/aromatic N) is 4. The summed E-state index contributed by atoms with van der Waals surface area (Å²) in [5.41, 5.74) is 3.59. The van der Waals surface area contributed by atoms with Crippen LogP contribution in [0.15, 0.2) is 86.6 Å².